The van der Waals surface area contributed by atoms with Crippen LogP contribution in [0.15, 0.2) is 54.2 Å². The van der Waals surface area contributed by atoms with Gasteiger partial charge in [0.25, 0.3) is 0 Å². The molecule has 0 fully saturated rings. The second-order valence-corrected chi connectivity index (χ2v) is 5.45. The lowest BCUT2D eigenvalue weighted by atomic mass is 10.1. The number of esters is 1. The van der Waals surface area contributed by atoms with Gasteiger partial charge in [-0.15, -0.1) is 0 Å². The average Bonchev–Trinajstić information content (AvgIpc) is 2.80. The lowest BCUT2D eigenvalue weighted by Crippen LogP contribution is -2.03. The minimum atomic E-state index is -0.359. The Hall–Kier alpha value is -1.97. The molecule has 2 aromatic rings. The van der Waals surface area contributed by atoms with Crippen molar-refractivity contribution in [2.75, 3.05) is 11.9 Å². The van der Waals surface area contributed by atoms with Gasteiger partial charge in [-0.2, -0.15) is 0 Å². The molecule has 0 radical (unpaired) electrons. The van der Waals surface area contributed by atoms with Crippen LogP contribution in [0.2, 0.25) is 10.0 Å². The summed E-state index contributed by atoms with van der Waals surface area (Å²) in [5.74, 6) is -0.359. The van der Waals surface area contributed by atoms with Crippen molar-refractivity contribution in [2.24, 2.45) is 0 Å². The number of carbonyl (C=O) groups excluding carboxylic acids is 1. The van der Waals surface area contributed by atoms with E-state index in [9.17, 15) is 4.79 Å². The fourth-order valence-electron chi connectivity index (χ4n) is 2.18. The first kappa shape index (κ1) is 14.0. The highest BCUT2D eigenvalue weighted by molar-refractivity contribution is 6.31. The largest absolute Gasteiger partial charge is 0.456 e. The van der Waals surface area contributed by atoms with Crippen LogP contribution in [0.3, 0.4) is 0 Å². The summed E-state index contributed by atoms with van der Waals surface area (Å²) in [6.07, 6.45) is 0. The number of rotatable bonds is 3. The van der Waals surface area contributed by atoms with Gasteiger partial charge in [-0.1, -0.05) is 41.4 Å². The Morgan fingerprint density at radius 1 is 1.00 bits per heavy atom. The lowest BCUT2D eigenvalue weighted by Gasteiger charge is -2.08. The Morgan fingerprint density at radius 2 is 1.71 bits per heavy atom. The van der Waals surface area contributed by atoms with Crippen LogP contribution in [0, 0.1) is 0 Å². The van der Waals surface area contributed by atoms with Crippen molar-refractivity contribution in [3.63, 3.8) is 0 Å². The first-order valence-electron chi connectivity index (χ1n) is 6.32. The Morgan fingerprint density at radius 3 is 2.43 bits per heavy atom. The summed E-state index contributed by atoms with van der Waals surface area (Å²) in [7, 11) is 0. The molecule has 0 spiro atoms. The fourth-order valence-corrected chi connectivity index (χ4v) is 2.56. The maximum absolute atomic E-state index is 12.0. The highest BCUT2D eigenvalue weighted by Crippen LogP contribution is 2.29. The van der Waals surface area contributed by atoms with Crippen molar-refractivity contribution in [3.8, 4) is 0 Å². The van der Waals surface area contributed by atoms with Crippen LogP contribution in [-0.4, -0.2) is 12.6 Å². The van der Waals surface area contributed by atoms with Gasteiger partial charge in [-0.05, 0) is 35.9 Å². The van der Waals surface area contributed by atoms with E-state index in [4.69, 9.17) is 27.9 Å². The number of halogens is 2. The van der Waals surface area contributed by atoms with E-state index in [2.05, 4.69) is 5.32 Å². The van der Waals surface area contributed by atoms with Gasteiger partial charge in [0.2, 0.25) is 0 Å². The van der Waals surface area contributed by atoms with Gasteiger partial charge in [0.05, 0.1) is 11.3 Å². The minimum absolute atomic E-state index is 0.202. The average molecular weight is 320 g/mol. The normalized spacial score (nSPS) is 14.3. The summed E-state index contributed by atoms with van der Waals surface area (Å²) >= 11 is 11.9. The molecule has 1 aliphatic heterocycles. The smallest absolute Gasteiger partial charge is 0.341 e. The number of anilines is 1. The zero-order valence-corrected chi connectivity index (χ0v) is 12.4. The predicted molar refractivity (Wildman–Crippen MR) is 84.4 cm³/mol. The number of benzene rings is 2. The van der Waals surface area contributed by atoms with E-state index in [0.717, 1.165) is 11.3 Å². The molecule has 21 heavy (non-hydrogen) atoms. The van der Waals surface area contributed by atoms with Crippen molar-refractivity contribution in [1.29, 1.82) is 0 Å². The maximum atomic E-state index is 12.0. The van der Waals surface area contributed by atoms with Crippen molar-refractivity contribution < 1.29 is 9.53 Å². The third-order valence-electron chi connectivity index (χ3n) is 3.09. The third-order valence-corrected chi connectivity index (χ3v) is 3.56. The molecule has 3 rings (SSSR count). The molecule has 3 nitrogen and oxygen atoms in total. The van der Waals surface area contributed by atoms with E-state index in [1.54, 1.807) is 30.3 Å². The van der Waals surface area contributed by atoms with Gasteiger partial charge in [-0.3, -0.25) is 0 Å². The molecule has 0 saturated carbocycles. The molecular formula is C16H11Cl2NO2. The molecule has 0 amide bonds. The van der Waals surface area contributed by atoms with E-state index in [1.165, 1.54) is 0 Å². The molecule has 0 atom stereocenters. The molecule has 0 unspecified atom stereocenters. The van der Waals surface area contributed by atoms with Crippen molar-refractivity contribution in [2.45, 2.75) is 0 Å². The molecule has 2 aromatic carbocycles. The van der Waals surface area contributed by atoms with E-state index >= 15 is 0 Å². The fraction of sp³-hybridized carbons (Fsp3) is 0.0625. The molecular weight excluding hydrogens is 309 g/mol. The van der Waals surface area contributed by atoms with Crippen LogP contribution in [0.25, 0.3) is 5.57 Å². The van der Waals surface area contributed by atoms with Gasteiger partial charge in [0.15, 0.2) is 0 Å². The Labute approximate surface area is 132 Å². The zero-order valence-electron chi connectivity index (χ0n) is 10.9. The third kappa shape index (κ3) is 3.04. The van der Waals surface area contributed by atoms with E-state index in [-0.39, 0.29) is 12.6 Å². The molecule has 1 heterocycles. The summed E-state index contributed by atoms with van der Waals surface area (Å²) in [6.45, 7) is 0.202. The van der Waals surface area contributed by atoms with Crippen LogP contribution >= 0.6 is 23.2 Å². The summed E-state index contributed by atoms with van der Waals surface area (Å²) in [4.78, 5) is 12.0. The first-order valence-corrected chi connectivity index (χ1v) is 7.08. The topological polar surface area (TPSA) is 38.3 Å². The Balaban J connectivity index is 1.99. The number of nitrogens with one attached hydrogen (secondary N) is 1. The van der Waals surface area contributed by atoms with Gasteiger partial charge in [0.1, 0.15) is 6.61 Å². The number of hydrogen-bond acceptors (Lipinski definition) is 3. The van der Waals surface area contributed by atoms with Crippen LogP contribution in [0.1, 0.15) is 5.56 Å². The molecule has 0 aromatic heterocycles. The van der Waals surface area contributed by atoms with Crippen LogP contribution < -0.4 is 5.32 Å². The second kappa shape index (κ2) is 5.80. The number of ether oxygens (including phenoxy) is 1. The summed E-state index contributed by atoms with van der Waals surface area (Å²) < 4.78 is 5.12. The predicted octanol–water partition coefficient (Wildman–Crippen LogP) is 4.37. The Kier molecular flexibility index (Phi) is 3.86. The molecule has 106 valence electrons. The maximum Gasteiger partial charge on any atom is 0.341 e. The highest BCUT2D eigenvalue weighted by Gasteiger charge is 2.26. The first-order chi connectivity index (χ1) is 10.1. The molecule has 0 bridgehead atoms. The monoisotopic (exact) mass is 319 g/mol. The van der Waals surface area contributed by atoms with Crippen LogP contribution in [0.5, 0.6) is 0 Å². The molecule has 5 heteroatoms. The summed E-state index contributed by atoms with van der Waals surface area (Å²) in [5.41, 5.74) is 2.73. The molecule has 0 aliphatic carbocycles. The van der Waals surface area contributed by atoms with Crippen molar-refractivity contribution in [3.05, 3.63) is 69.8 Å². The van der Waals surface area contributed by atoms with E-state index in [0.29, 0.717) is 21.3 Å². The Bertz CT molecular complexity index is 741. The summed E-state index contributed by atoms with van der Waals surface area (Å²) in [5, 5.41) is 4.38. The van der Waals surface area contributed by atoms with Gasteiger partial charge in [0, 0.05) is 15.7 Å². The molecule has 1 aliphatic rings. The van der Waals surface area contributed by atoms with Crippen LogP contribution in [0.4, 0.5) is 5.69 Å². The zero-order chi connectivity index (χ0) is 14.8. The van der Waals surface area contributed by atoms with Gasteiger partial charge < -0.3 is 10.1 Å². The molecule has 1 N–H and O–H groups in total. The van der Waals surface area contributed by atoms with Crippen molar-refractivity contribution >= 4 is 40.4 Å². The molecule has 0 saturated heterocycles. The van der Waals surface area contributed by atoms with E-state index < -0.39 is 0 Å². The number of hydrogen-bond donors (Lipinski definition) is 1. The quantitative estimate of drug-likeness (QED) is 0.853. The standard InChI is InChI=1S/C16H11Cl2NO2/c17-11-4-1-3-10(7-11)15-14(9-21-16(15)20)19-13-6-2-5-12(18)8-13/h1-8,19H,9H2. The van der Waals surface area contributed by atoms with Gasteiger partial charge >= 0.3 is 5.97 Å². The number of cyclic esters (lactones) is 1. The summed E-state index contributed by atoms with van der Waals surface area (Å²) in [6, 6.07) is 14.4. The van der Waals surface area contributed by atoms with Crippen LogP contribution in [-0.2, 0) is 9.53 Å². The SMILES string of the molecule is O=C1OCC(Nc2cccc(Cl)c2)=C1c1cccc(Cl)c1. The van der Waals surface area contributed by atoms with E-state index in [1.807, 2.05) is 18.2 Å². The second-order valence-electron chi connectivity index (χ2n) is 4.58. The number of carbonyl (C=O) groups is 1. The highest BCUT2D eigenvalue weighted by atomic mass is 35.5. The van der Waals surface area contributed by atoms with Gasteiger partial charge in [-0.25, -0.2) is 4.79 Å². The minimum Gasteiger partial charge on any atom is -0.456 e. The van der Waals surface area contributed by atoms with Crippen molar-refractivity contribution in [1.82, 2.24) is 0 Å². The lowest BCUT2D eigenvalue weighted by molar-refractivity contribution is -0.134.